The third-order valence-corrected chi connectivity index (χ3v) is 22.1. The maximum atomic E-state index is 11.8. The van der Waals surface area contributed by atoms with Crippen LogP contribution >= 0.6 is 0 Å². The number of H-pyrrole nitrogens is 1. The summed E-state index contributed by atoms with van der Waals surface area (Å²) in [6, 6.07) is 0. The molecule has 7 atom stereocenters. The zero-order chi connectivity index (χ0) is 31.5. The Kier molecular flexibility index (Phi) is 9.09. The minimum atomic E-state index is -1.95. The quantitative estimate of drug-likeness (QED) is 0.254. The predicted octanol–water partition coefficient (Wildman–Crippen LogP) is 8.35. The van der Waals surface area contributed by atoms with Crippen LogP contribution in [-0.2, 0) is 20.7 Å². The fraction of sp³-hybridized carbons (Fsp3) is 0.879. The van der Waals surface area contributed by atoms with Crippen molar-refractivity contribution in [3.63, 3.8) is 0 Å². The number of hydrogen-bond donors (Lipinski definition) is 3. The van der Waals surface area contributed by atoms with E-state index in [0.717, 1.165) is 45.1 Å². The van der Waals surface area contributed by atoms with Crippen molar-refractivity contribution in [1.29, 1.82) is 0 Å². The van der Waals surface area contributed by atoms with Crippen molar-refractivity contribution in [1.82, 2.24) is 15.5 Å². The van der Waals surface area contributed by atoms with E-state index in [1.165, 1.54) is 11.3 Å². The molecule has 240 valence electrons. The van der Waals surface area contributed by atoms with E-state index in [0.29, 0.717) is 24.3 Å². The fourth-order valence-electron chi connectivity index (χ4n) is 8.15. The molecular formula is C33H61N3O4Si2. The van der Waals surface area contributed by atoms with Crippen LogP contribution in [0.1, 0.15) is 98.8 Å². The second-order valence-corrected chi connectivity index (χ2v) is 27.1. The van der Waals surface area contributed by atoms with Crippen LogP contribution in [0.15, 0.2) is 6.20 Å². The fourth-order valence-corrected chi connectivity index (χ4v) is 10.6. The standard InChI is InChI=1S/C33H61N3O4Si2/c1-30(2,3)41(9,10)39-21-23-18-24(40-42(11,12)31(4,5)6)13-15-32(23,7)26-14-16-33(8)27(25(26)20-34-29(37)38)17-22-19-35-36-28(22)33/h19,23-27,34H,13-18,20-21H2,1-12H3,(H,35,36)(H,37,38)/t23-,24+,25-,26+,27-,32-,33+/m1/s1. The molecule has 1 aromatic rings. The second kappa shape index (κ2) is 11.3. The first-order chi connectivity index (χ1) is 19.1. The van der Waals surface area contributed by atoms with E-state index in [1.807, 2.05) is 6.20 Å². The van der Waals surface area contributed by atoms with Gasteiger partial charge in [0.1, 0.15) is 0 Å². The van der Waals surface area contributed by atoms with Gasteiger partial charge in [-0.2, -0.15) is 5.10 Å². The Labute approximate surface area is 258 Å². The highest BCUT2D eigenvalue weighted by Crippen LogP contribution is 2.61. The number of carbonyl (C=O) groups is 1. The molecule has 0 unspecified atom stereocenters. The van der Waals surface area contributed by atoms with E-state index in [1.54, 1.807) is 0 Å². The van der Waals surface area contributed by atoms with Gasteiger partial charge >= 0.3 is 6.09 Å². The van der Waals surface area contributed by atoms with Crippen molar-refractivity contribution in [3.05, 3.63) is 17.5 Å². The van der Waals surface area contributed by atoms with Gasteiger partial charge in [0, 0.05) is 30.4 Å². The number of nitrogens with zero attached hydrogens (tertiary/aromatic N) is 1. The van der Waals surface area contributed by atoms with Crippen LogP contribution in [0.3, 0.4) is 0 Å². The number of aromatic nitrogens is 2. The topological polar surface area (TPSA) is 96.5 Å². The van der Waals surface area contributed by atoms with Crippen LogP contribution in [-0.4, -0.2) is 57.3 Å². The minimum Gasteiger partial charge on any atom is -0.465 e. The molecule has 0 bridgehead atoms. The molecule has 2 fully saturated rings. The van der Waals surface area contributed by atoms with Gasteiger partial charge in [-0.25, -0.2) is 4.79 Å². The summed E-state index contributed by atoms with van der Waals surface area (Å²) < 4.78 is 14.1. The SMILES string of the molecule is CC(C)(C)[Si](C)(C)OC[C@H]1C[C@@H](O[Si](C)(C)C(C)(C)C)CC[C@@]1(C)[C@H]1CC[C@]2(C)c3[nH]ncc3C[C@@H]2[C@@H]1CNC(=O)O. The molecular weight excluding hydrogens is 559 g/mol. The molecule has 2 saturated carbocycles. The Morgan fingerprint density at radius 3 is 2.29 bits per heavy atom. The van der Waals surface area contributed by atoms with Crippen LogP contribution in [0.5, 0.6) is 0 Å². The lowest BCUT2D eigenvalue weighted by atomic mass is 9.49. The predicted molar refractivity (Wildman–Crippen MR) is 176 cm³/mol. The summed E-state index contributed by atoms with van der Waals surface area (Å²) in [5, 5.41) is 20.6. The van der Waals surface area contributed by atoms with E-state index in [4.69, 9.17) is 8.85 Å². The molecule has 1 aromatic heterocycles. The molecule has 0 aliphatic heterocycles. The summed E-state index contributed by atoms with van der Waals surface area (Å²) in [6.45, 7) is 29.6. The molecule has 1 heterocycles. The van der Waals surface area contributed by atoms with E-state index in [2.05, 4.69) is 97.1 Å². The Bertz CT molecular complexity index is 1120. The average Bonchev–Trinajstić information content (AvgIpc) is 3.42. The maximum absolute atomic E-state index is 11.8. The molecule has 0 saturated heterocycles. The smallest absolute Gasteiger partial charge is 0.404 e. The largest absolute Gasteiger partial charge is 0.465 e. The van der Waals surface area contributed by atoms with Gasteiger partial charge < -0.3 is 19.3 Å². The Morgan fingerprint density at radius 1 is 1.05 bits per heavy atom. The highest BCUT2D eigenvalue weighted by molar-refractivity contribution is 6.74. The van der Waals surface area contributed by atoms with Crippen LogP contribution < -0.4 is 5.32 Å². The van der Waals surface area contributed by atoms with E-state index in [9.17, 15) is 9.90 Å². The molecule has 1 amide bonds. The molecule has 0 radical (unpaired) electrons. The van der Waals surface area contributed by atoms with E-state index < -0.39 is 22.7 Å². The first kappa shape index (κ1) is 33.7. The summed E-state index contributed by atoms with van der Waals surface area (Å²) in [5.74, 6) is 1.45. The molecule has 3 aliphatic rings. The van der Waals surface area contributed by atoms with E-state index in [-0.39, 0.29) is 32.9 Å². The molecule has 42 heavy (non-hydrogen) atoms. The van der Waals surface area contributed by atoms with Gasteiger partial charge in [0.25, 0.3) is 0 Å². The van der Waals surface area contributed by atoms with Crippen LogP contribution in [0.4, 0.5) is 4.79 Å². The average molecular weight is 620 g/mol. The van der Waals surface area contributed by atoms with Gasteiger partial charge in [-0.1, -0.05) is 55.4 Å². The number of aromatic amines is 1. The Balaban J connectivity index is 1.67. The maximum Gasteiger partial charge on any atom is 0.404 e. The summed E-state index contributed by atoms with van der Waals surface area (Å²) in [6.07, 6.45) is 7.71. The first-order valence-electron chi connectivity index (χ1n) is 16.4. The molecule has 7 nitrogen and oxygen atoms in total. The lowest BCUT2D eigenvalue weighted by molar-refractivity contribution is -0.0848. The van der Waals surface area contributed by atoms with Gasteiger partial charge in [-0.3, -0.25) is 5.10 Å². The lowest BCUT2D eigenvalue weighted by Crippen LogP contribution is -2.56. The third kappa shape index (κ3) is 6.18. The highest BCUT2D eigenvalue weighted by Gasteiger charge is 2.58. The van der Waals surface area contributed by atoms with Gasteiger partial charge in [0.15, 0.2) is 16.6 Å². The number of fused-ring (bicyclic) bond motifs is 3. The molecule has 0 spiro atoms. The van der Waals surface area contributed by atoms with Crippen molar-refractivity contribution in [3.8, 4) is 0 Å². The van der Waals surface area contributed by atoms with Crippen LogP contribution in [0.2, 0.25) is 36.3 Å². The number of rotatable bonds is 8. The number of nitrogens with one attached hydrogen (secondary N) is 2. The van der Waals surface area contributed by atoms with Crippen molar-refractivity contribution < 1.29 is 18.8 Å². The molecule has 0 aromatic carbocycles. The zero-order valence-electron chi connectivity index (χ0n) is 28.7. The molecule has 3 aliphatic carbocycles. The van der Waals surface area contributed by atoms with Crippen molar-refractivity contribution in [2.75, 3.05) is 13.2 Å². The number of amides is 1. The summed E-state index contributed by atoms with van der Waals surface area (Å²) in [5.41, 5.74) is 2.66. The first-order valence-corrected chi connectivity index (χ1v) is 22.3. The number of carboxylic acid groups (broad SMARTS) is 1. The highest BCUT2D eigenvalue weighted by atomic mass is 28.4. The molecule has 3 N–H and O–H groups in total. The lowest BCUT2D eigenvalue weighted by Gasteiger charge is -2.57. The molecule has 9 heteroatoms. The normalized spacial score (nSPS) is 34.1. The van der Waals surface area contributed by atoms with Crippen molar-refractivity contribution >= 4 is 22.7 Å². The second-order valence-electron chi connectivity index (χ2n) is 17.5. The zero-order valence-corrected chi connectivity index (χ0v) is 30.7. The molecule has 4 rings (SSSR count). The van der Waals surface area contributed by atoms with Gasteiger partial charge in [-0.05, 0) is 109 Å². The van der Waals surface area contributed by atoms with Gasteiger partial charge in [0.05, 0.1) is 6.20 Å². The van der Waals surface area contributed by atoms with Gasteiger partial charge in [-0.15, -0.1) is 0 Å². The number of hydrogen-bond acceptors (Lipinski definition) is 4. The summed E-state index contributed by atoms with van der Waals surface area (Å²) >= 11 is 0. The van der Waals surface area contributed by atoms with Crippen molar-refractivity contribution in [2.24, 2.45) is 29.1 Å². The Hall–Kier alpha value is -1.17. The van der Waals surface area contributed by atoms with Crippen molar-refractivity contribution in [2.45, 2.75) is 142 Å². The van der Waals surface area contributed by atoms with Crippen LogP contribution in [0, 0.1) is 29.1 Å². The summed E-state index contributed by atoms with van der Waals surface area (Å²) in [7, 11) is -3.86. The van der Waals surface area contributed by atoms with Gasteiger partial charge in [0.2, 0.25) is 0 Å². The third-order valence-electron chi connectivity index (χ3n) is 13.1. The summed E-state index contributed by atoms with van der Waals surface area (Å²) in [4.78, 5) is 11.8. The van der Waals surface area contributed by atoms with E-state index >= 15 is 0 Å². The monoisotopic (exact) mass is 619 g/mol. The van der Waals surface area contributed by atoms with Crippen LogP contribution in [0.25, 0.3) is 0 Å². The minimum absolute atomic E-state index is 0.0132. The Morgan fingerprint density at radius 2 is 1.69 bits per heavy atom.